The average Bonchev–Trinajstić information content (AvgIpc) is 2.27. The molecular formula is C15H24N2O. The molecule has 0 radical (unpaired) electrons. The topological polar surface area (TPSA) is 41.1 Å². The summed E-state index contributed by atoms with van der Waals surface area (Å²) in [6.07, 6.45) is 0.539. The van der Waals surface area contributed by atoms with Crippen LogP contribution in [0.1, 0.15) is 35.6 Å². The van der Waals surface area contributed by atoms with Gasteiger partial charge in [0.15, 0.2) is 0 Å². The van der Waals surface area contributed by atoms with Crippen molar-refractivity contribution in [2.45, 2.75) is 40.7 Å². The Balaban J connectivity index is 2.42. The van der Waals surface area contributed by atoms with Gasteiger partial charge in [-0.25, -0.2) is 0 Å². The van der Waals surface area contributed by atoms with Gasteiger partial charge < -0.3 is 10.6 Å². The zero-order chi connectivity index (χ0) is 13.5. The van der Waals surface area contributed by atoms with Crippen LogP contribution in [0.4, 0.5) is 0 Å². The molecule has 100 valence electrons. The van der Waals surface area contributed by atoms with E-state index in [1.807, 2.05) is 6.92 Å². The van der Waals surface area contributed by atoms with E-state index in [-0.39, 0.29) is 5.91 Å². The predicted molar refractivity (Wildman–Crippen MR) is 75.7 cm³/mol. The number of carbonyl (C=O) groups excluding carboxylic acids is 1. The maximum atomic E-state index is 11.3. The lowest BCUT2D eigenvalue weighted by Gasteiger charge is -2.12. The minimum absolute atomic E-state index is 0.113. The van der Waals surface area contributed by atoms with Crippen molar-refractivity contribution in [1.29, 1.82) is 0 Å². The summed E-state index contributed by atoms with van der Waals surface area (Å²) in [5, 5.41) is 6.13. The van der Waals surface area contributed by atoms with Gasteiger partial charge in [0.05, 0.1) is 0 Å². The zero-order valence-corrected chi connectivity index (χ0v) is 11.9. The molecule has 0 heterocycles. The molecule has 1 aromatic rings. The largest absolute Gasteiger partial charge is 0.356 e. The second-order valence-electron chi connectivity index (χ2n) is 4.76. The summed E-state index contributed by atoms with van der Waals surface area (Å²) in [6.45, 7) is 10.6. The Morgan fingerprint density at radius 3 is 2.33 bits per heavy atom. The first-order valence-electron chi connectivity index (χ1n) is 6.58. The summed E-state index contributed by atoms with van der Waals surface area (Å²) in [6, 6.07) is 4.40. The molecule has 1 aromatic carbocycles. The van der Waals surface area contributed by atoms with Crippen LogP contribution in [0.5, 0.6) is 0 Å². The number of nitrogens with one attached hydrogen (secondary N) is 2. The molecule has 3 nitrogen and oxygen atoms in total. The molecule has 18 heavy (non-hydrogen) atoms. The number of aryl methyl sites for hydroxylation is 3. The summed E-state index contributed by atoms with van der Waals surface area (Å²) >= 11 is 0. The lowest BCUT2D eigenvalue weighted by molar-refractivity contribution is -0.120. The molecular weight excluding hydrogens is 224 g/mol. The van der Waals surface area contributed by atoms with Crippen LogP contribution in [0, 0.1) is 20.8 Å². The van der Waals surface area contributed by atoms with E-state index in [1.165, 1.54) is 22.3 Å². The van der Waals surface area contributed by atoms with Gasteiger partial charge in [-0.05, 0) is 44.4 Å². The van der Waals surface area contributed by atoms with E-state index >= 15 is 0 Å². The number of amides is 1. The Kier molecular flexibility index (Phi) is 5.86. The summed E-state index contributed by atoms with van der Waals surface area (Å²) in [4.78, 5) is 11.3. The number of benzene rings is 1. The summed E-state index contributed by atoms with van der Waals surface area (Å²) in [5.41, 5.74) is 5.28. The van der Waals surface area contributed by atoms with E-state index in [0.717, 1.165) is 13.1 Å². The summed E-state index contributed by atoms with van der Waals surface area (Å²) < 4.78 is 0. The maximum absolute atomic E-state index is 11.3. The third kappa shape index (κ3) is 4.49. The van der Waals surface area contributed by atoms with Crippen LogP contribution in [0.25, 0.3) is 0 Å². The Bertz CT molecular complexity index is 390. The van der Waals surface area contributed by atoms with Crippen molar-refractivity contribution < 1.29 is 4.79 Å². The van der Waals surface area contributed by atoms with Crippen LogP contribution in [0.2, 0.25) is 0 Å². The minimum atomic E-state index is 0.113. The van der Waals surface area contributed by atoms with E-state index in [4.69, 9.17) is 0 Å². The molecule has 3 heteroatoms. The van der Waals surface area contributed by atoms with Gasteiger partial charge in [-0.1, -0.05) is 17.7 Å². The molecule has 0 aliphatic carbocycles. The van der Waals surface area contributed by atoms with Crippen molar-refractivity contribution in [2.75, 3.05) is 13.1 Å². The highest BCUT2D eigenvalue weighted by atomic mass is 16.1. The highest BCUT2D eigenvalue weighted by molar-refractivity contribution is 5.75. The smallest absolute Gasteiger partial charge is 0.221 e. The van der Waals surface area contributed by atoms with Crippen LogP contribution in [0.3, 0.4) is 0 Å². The maximum Gasteiger partial charge on any atom is 0.221 e. The first-order valence-corrected chi connectivity index (χ1v) is 6.58. The van der Waals surface area contributed by atoms with Gasteiger partial charge in [-0.2, -0.15) is 0 Å². The molecule has 0 aliphatic heterocycles. The monoisotopic (exact) mass is 248 g/mol. The van der Waals surface area contributed by atoms with Gasteiger partial charge in [0.25, 0.3) is 0 Å². The van der Waals surface area contributed by atoms with E-state index < -0.39 is 0 Å². The zero-order valence-electron chi connectivity index (χ0n) is 11.9. The third-order valence-electron chi connectivity index (χ3n) is 3.04. The van der Waals surface area contributed by atoms with Crippen molar-refractivity contribution >= 4 is 5.91 Å². The fraction of sp³-hybridized carbons (Fsp3) is 0.533. The molecule has 0 aliphatic rings. The Morgan fingerprint density at radius 2 is 1.78 bits per heavy atom. The normalized spacial score (nSPS) is 10.4. The lowest BCUT2D eigenvalue weighted by atomic mass is 10.00. The van der Waals surface area contributed by atoms with Crippen molar-refractivity contribution in [3.05, 3.63) is 34.4 Å². The molecule has 0 aromatic heterocycles. The first-order chi connectivity index (χ1) is 8.54. The van der Waals surface area contributed by atoms with Gasteiger partial charge >= 0.3 is 0 Å². The second-order valence-corrected chi connectivity index (χ2v) is 4.76. The molecule has 1 amide bonds. The molecule has 0 fully saturated rings. The molecule has 0 saturated carbocycles. The van der Waals surface area contributed by atoms with Gasteiger partial charge in [-0.15, -0.1) is 0 Å². The molecule has 1 rings (SSSR count). The molecule has 2 N–H and O–H groups in total. The number of rotatable bonds is 6. The van der Waals surface area contributed by atoms with E-state index in [0.29, 0.717) is 13.0 Å². The standard InChI is InChI=1S/C15H24N2O/c1-5-17-15(18)6-7-16-10-14-12(3)8-11(2)9-13(14)4/h8-9,16H,5-7,10H2,1-4H3,(H,17,18). The van der Waals surface area contributed by atoms with Crippen LogP contribution in [-0.4, -0.2) is 19.0 Å². The van der Waals surface area contributed by atoms with Crippen molar-refractivity contribution in [2.24, 2.45) is 0 Å². The number of carbonyl (C=O) groups is 1. The van der Waals surface area contributed by atoms with Crippen molar-refractivity contribution in [3.8, 4) is 0 Å². The minimum Gasteiger partial charge on any atom is -0.356 e. The van der Waals surface area contributed by atoms with Gasteiger partial charge in [0, 0.05) is 26.1 Å². The fourth-order valence-electron chi connectivity index (χ4n) is 2.19. The SMILES string of the molecule is CCNC(=O)CCNCc1c(C)cc(C)cc1C. The summed E-state index contributed by atoms with van der Waals surface area (Å²) in [7, 11) is 0. The Morgan fingerprint density at radius 1 is 1.17 bits per heavy atom. The molecule has 0 bridgehead atoms. The molecule has 0 atom stereocenters. The Hall–Kier alpha value is -1.35. The fourth-order valence-corrected chi connectivity index (χ4v) is 2.19. The average molecular weight is 248 g/mol. The second kappa shape index (κ2) is 7.17. The predicted octanol–water partition coefficient (Wildman–Crippen LogP) is 2.23. The highest BCUT2D eigenvalue weighted by Crippen LogP contribution is 2.15. The van der Waals surface area contributed by atoms with E-state index in [9.17, 15) is 4.79 Å². The molecule has 0 spiro atoms. The van der Waals surface area contributed by atoms with Crippen LogP contribution >= 0.6 is 0 Å². The van der Waals surface area contributed by atoms with Crippen LogP contribution in [0.15, 0.2) is 12.1 Å². The van der Waals surface area contributed by atoms with Crippen LogP contribution < -0.4 is 10.6 Å². The third-order valence-corrected chi connectivity index (χ3v) is 3.04. The Labute approximate surface area is 110 Å². The van der Waals surface area contributed by atoms with Gasteiger partial charge in [0.2, 0.25) is 5.91 Å². The van der Waals surface area contributed by atoms with Crippen molar-refractivity contribution in [1.82, 2.24) is 10.6 Å². The first kappa shape index (κ1) is 14.7. The highest BCUT2D eigenvalue weighted by Gasteiger charge is 2.04. The molecule has 0 saturated heterocycles. The molecule has 0 unspecified atom stereocenters. The quantitative estimate of drug-likeness (QED) is 0.758. The lowest BCUT2D eigenvalue weighted by Crippen LogP contribution is -2.27. The van der Waals surface area contributed by atoms with Gasteiger partial charge in [-0.3, -0.25) is 4.79 Å². The van der Waals surface area contributed by atoms with Crippen molar-refractivity contribution in [3.63, 3.8) is 0 Å². The summed E-state index contributed by atoms with van der Waals surface area (Å²) in [5.74, 6) is 0.113. The number of hydrogen-bond donors (Lipinski definition) is 2. The van der Waals surface area contributed by atoms with Gasteiger partial charge in [0.1, 0.15) is 0 Å². The van der Waals surface area contributed by atoms with Crippen LogP contribution in [-0.2, 0) is 11.3 Å². The van der Waals surface area contributed by atoms with E-state index in [1.54, 1.807) is 0 Å². The van der Waals surface area contributed by atoms with E-state index in [2.05, 4.69) is 43.5 Å². The number of hydrogen-bond acceptors (Lipinski definition) is 2.